The maximum atomic E-state index is 4.95. The number of nitrogens with zero attached hydrogens (tertiary/aromatic N) is 4. The summed E-state index contributed by atoms with van der Waals surface area (Å²) in [6.07, 6.45) is 5.66. The second-order valence-electron chi connectivity index (χ2n) is 13.0. The highest BCUT2D eigenvalue weighted by Crippen LogP contribution is 2.32. The largest absolute Gasteiger partial charge is 0.340 e. The van der Waals surface area contributed by atoms with Crippen molar-refractivity contribution in [1.29, 1.82) is 0 Å². The zero-order valence-corrected chi connectivity index (χ0v) is 27.9. The summed E-state index contributed by atoms with van der Waals surface area (Å²) in [6, 6.07) is 39.5. The maximum Gasteiger partial charge on any atom is 0.164 e. The number of unbranched alkanes of at least 4 members (excludes halogenated alkanes) is 1. The van der Waals surface area contributed by atoms with Gasteiger partial charge in [0, 0.05) is 45.0 Å². The van der Waals surface area contributed by atoms with Crippen molar-refractivity contribution in [3.05, 3.63) is 137 Å². The van der Waals surface area contributed by atoms with Gasteiger partial charge in [0.2, 0.25) is 0 Å². The Morgan fingerprint density at radius 1 is 0.489 bits per heavy atom. The number of aromatic nitrogens is 4. The van der Waals surface area contributed by atoms with E-state index >= 15 is 0 Å². The first-order valence-electron chi connectivity index (χ1n) is 17.0. The van der Waals surface area contributed by atoms with E-state index in [2.05, 4.69) is 141 Å². The number of aryl methyl sites for hydroxylation is 6. The van der Waals surface area contributed by atoms with Crippen LogP contribution in [0.4, 0.5) is 0 Å². The Morgan fingerprint density at radius 2 is 1.02 bits per heavy atom. The Kier molecular flexibility index (Phi) is 8.67. The molecular weight excluding hydrogens is 573 g/mol. The van der Waals surface area contributed by atoms with Crippen molar-refractivity contribution in [3.8, 4) is 34.2 Å². The molecule has 7 aromatic rings. The van der Waals surface area contributed by atoms with Gasteiger partial charge in [-0.2, -0.15) is 0 Å². The summed E-state index contributed by atoms with van der Waals surface area (Å²) in [5.41, 5.74) is 12.1. The van der Waals surface area contributed by atoms with E-state index in [1.807, 2.05) is 0 Å². The second-order valence-corrected chi connectivity index (χ2v) is 13.0. The van der Waals surface area contributed by atoms with E-state index in [-0.39, 0.29) is 0 Å². The molecule has 0 aliphatic carbocycles. The van der Waals surface area contributed by atoms with Crippen LogP contribution in [-0.4, -0.2) is 19.5 Å². The average Bonchev–Trinajstić information content (AvgIpc) is 3.39. The van der Waals surface area contributed by atoms with Crippen molar-refractivity contribution in [2.24, 2.45) is 0 Å². The monoisotopic (exact) mass is 614 g/mol. The molecule has 0 amide bonds. The molecule has 0 aliphatic heterocycles. The Bertz CT molecular complexity index is 2130. The zero-order chi connectivity index (χ0) is 32.3. The molecule has 4 nitrogen and oxygen atoms in total. The number of hydrogen-bond acceptors (Lipinski definition) is 3. The Morgan fingerprint density at radius 3 is 1.64 bits per heavy atom. The molecule has 0 aliphatic rings. The fourth-order valence-corrected chi connectivity index (χ4v) is 6.64. The van der Waals surface area contributed by atoms with Crippen LogP contribution in [0.3, 0.4) is 0 Å². The topological polar surface area (TPSA) is 43.6 Å². The fourth-order valence-electron chi connectivity index (χ4n) is 6.64. The standard InChI is InChI=1S/C43H42N4/c1-5-6-12-33-19-23-40-38(28-33)37-27-31(4)16-22-39(37)47(40)24-9-13-32-17-20-34(21-18-32)41-44-42(35-14-7-10-29(2)25-35)46-43(45-41)36-15-8-11-30(3)26-36/h7-8,10-11,14-23,25-28H,5-6,9,12-13,24H2,1-4H3. The minimum atomic E-state index is 0.693. The lowest BCUT2D eigenvalue weighted by Crippen LogP contribution is -2.01. The Labute approximate surface area is 278 Å². The molecular formula is C43H42N4. The number of hydrogen-bond donors (Lipinski definition) is 0. The van der Waals surface area contributed by atoms with Crippen LogP contribution in [0, 0.1) is 20.8 Å². The van der Waals surface area contributed by atoms with Gasteiger partial charge in [0.05, 0.1) is 0 Å². The zero-order valence-electron chi connectivity index (χ0n) is 27.9. The molecule has 5 aromatic carbocycles. The normalized spacial score (nSPS) is 11.5. The van der Waals surface area contributed by atoms with Crippen molar-refractivity contribution in [1.82, 2.24) is 19.5 Å². The summed E-state index contributed by atoms with van der Waals surface area (Å²) >= 11 is 0. The summed E-state index contributed by atoms with van der Waals surface area (Å²) in [4.78, 5) is 14.8. The third kappa shape index (κ3) is 6.59. The molecule has 7 rings (SSSR count). The van der Waals surface area contributed by atoms with Crippen molar-refractivity contribution in [2.75, 3.05) is 0 Å². The molecule has 0 radical (unpaired) electrons. The van der Waals surface area contributed by atoms with E-state index in [1.54, 1.807) is 0 Å². The molecule has 0 saturated carbocycles. The van der Waals surface area contributed by atoms with Crippen molar-refractivity contribution < 1.29 is 0 Å². The molecule has 0 N–H and O–H groups in total. The molecule has 2 aromatic heterocycles. The molecule has 0 saturated heterocycles. The van der Waals surface area contributed by atoms with Gasteiger partial charge in [-0.3, -0.25) is 0 Å². The third-order valence-electron chi connectivity index (χ3n) is 9.15. The predicted molar refractivity (Wildman–Crippen MR) is 197 cm³/mol. The highest BCUT2D eigenvalue weighted by molar-refractivity contribution is 6.08. The van der Waals surface area contributed by atoms with Gasteiger partial charge in [0.1, 0.15) is 0 Å². The van der Waals surface area contributed by atoms with Crippen LogP contribution in [0.15, 0.2) is 109 Å². The van der Waals surface area contributed by atoms with Gasteiger partial charge < -0.3 is 4.57 Å². The van der Waals surface area contributed by atoms with E-state index in [0.29, 0.717) is 17.5 Å². The summed E-state index contributed by atoms with van der Waals surface area (Å²) in [7, 11) is 0. The molecule has 0 fully saturated rings. The second kappa shape index (κ2) is 13.3. The van der Waals surface area contributed by atoms with Crippen molar-refractivity contribution in [2.45, 2.75) is 66.3 Å². The van der Waals surface area contributed by atoms with E-state index in [9.17, 15) is 0 Å². The third-order valence-corrected chi connectivity index (χ3v) is 9.15. The molecule has 0 unspecified atom stereocenters. The summed E-state index contributed by atoms with van der Waals surface area (Å²) < 4.78 is 2.52. The maximum absolute atomic E-state index is 4.95. The lowest BCUT2D eigenvalue weighted by molar-refractivity contribution is 0.678. The van der Waals surface area contributed by atoms with Crippen molar-refractivity contribution in [3.63, 3.8) is 0 Å². The van der Waals surface area contributed by atoms with Crippen LogP contribution >= 0.6 is 0 Å². The van der Waals surface area contributed by atoms with Crippen molar-refractivity contribution >= 4 is 21.8 Å². The van der Waals surface area contributed by atoms with E-state index in [1.165, 1.54) is 62.5 Å². The quantitative estimate of drug-likeness (QED) is 0.154. The molecule has 0 bridgehead atoms. The fraction of sp³-hybridized carbons (Fsp3) is 0.233. The first-order chi connectivity index (χ1) is 22.9. The lowest BCUT2D eigenvalue weighted by Gasteiger charge is -2.10. The Hall–Kier alpha value is -5.09. The van der Waals surface area contributed by atoms with Crippen LogP contribution in [0.25, 0.3) is 56.0 Å². The molecule has 2 heterocycles. The summed E-state index contributed by atoms with van der Waals surface area (Å²) in [6.45, 7) is 9.62. The smallest absolute Gasteiger partial charge is 0.164 e. The van der Waals surface area contributed by atoms with Gasteiger partial charge in [-0.15, -0.1) is 0 Å². The van der Waals surface area contributed by atoms with E-state index in [4.69, 9.17) is 15.0 Å². The van der Waals surface area contributed by atoms with Gasteiger partial charge in [-0.1, -0.05) is 103 Å². The summed E-state index contributed by atoms with van der Waals surface area (Å²) in [5.74, 6) is 2.08. The first kappa shape index (κ1) is 30.6. The first-order valence-corrected chi connectivity index (χ1v) is 17.0. The molecule has 47 heavy (non-hydrogen) atoms. The number of benzene rings is 5. The van der Waals surface area contributed by atoms with Crippen LogP contribution in [0.5, 0.6) is 0 Å². The van der Waals surface area contributed by atoms with Gasteiger partial charge in [-0.25, -0.2) is 15.0 Å². The Balaban J connectivity index is 1.14. The summed E-state index contributed by atoms with van der Waals surface area (Å²) in [5, 5.41) is 2.75. The molecule has 234 valence electrons. The molecule has 0 atom stereocenters. The predicted octanol–water partition coefficient (Wildman–Crippen LogP) is 10.9. The molecule has 0 spiro atoms. The van der Waals surface area contributed by atoms with Crippen LogP contribution in [-0.2, 0) is 19.4 Å². The van der Waals surface area contributed by atoms with E-state index in [0.717, 1.165) is 42.5 Å². The van der Waals surface area contributed by atoms with Gasteiger partial charge in [0.25, 0.3) is 0 Å². The van der Waals surface area contributed by atoms with Gasteiger partial charge in [-0.05, 0) is 94.0 Å². The minimum Gasteiger partial charge on any atom is -0.340 e. The van der Waals surface area contributed by atoms with Gasteiger partial charge >= 0.3 is 0 Å². The van der Waals surface area contributed by atoms with Crippen LogP contribution < -0.4 is 0 Å². The van der Waals surface area contributed by atoms with E-state index < -0.39 is 0 Å². The average molecular weight is 615 g/mol. The minimum absolute atomic E-state index is 0.693. The number of fused-ring (bicyclic) bond motifs is 3. The highest BCUT2D eigenvalue weighted by Gasteiger charge is 2.14. The number of rotatable bonds is 10. The SMILES string of the molecule is CCCCc1ccc2c(c1)c1cc(C)ccc1n2CCCc1ccc(-c2nc(-c3cccc(C)c3)nc(-c3cccc(C)c3)n2)cc1. The lowest BCUT2D eigenvalue weighted by atomic mass is 10.0. The van der Waals surface area contributed by atoms with Crippen LogP contribution in [0.2, 0.25) is 0 Å². The molecule has 4 heteroatoms. The van der Waals surface area contributed by atoms with Gasteiger partial charge in [0.15, 0.2) is 17.5 Å². The highest BCUT2D eigenvalue weighted by atomic mass is 15.0. The van der Waals surface area contributed by atoms with Crippen LogP contribution in [0.1, 0.15) is 54.0 Å².